The summed E-state index contributed by atoms with van der Waals surface area (Å²) in [6.07, 6.45) is -3.61. The molecule has 4 rings (SSSR count). The monoisotopic (exact) mass is 524 g/mol. The number of halogens is 3. The van der Waals surface area contributed by atoms with Crippen molar-refractivity contribution in [3.63, 3.8) is 0 Å². The van der Waals surface area contributed by atoms with Gasteiger partial charge in [0.15, 0.2) is 0 Å². The third kappa shape index (κ3) is 5.48. The number of rotatable bonds is 4. The highest BCUT2D eigenvalue weighted by Gasteiger charge is 2.36. The van der Waals surface area contributed by atoms with Crippen molar-refractivity contribution in [1.29, 1.82) is 0 Å². The molecule has 3 aromatic rings. The molecule has 0 unspecified atom stereocenters. The van der Waals surface area contributed by atoms with E-state index in [2.05, 4.69) is 25.4 Å². The van der Waals surface area contributed by atoms with E-state index in [4.69, 9.17) is 0 Å². The molecular weight excluding hydrogens is 505 g/mol. The number of likely N-dealkylation sites (tertiary alicyclic amines) is 1. The molecule has 1 saturated heterocycles. The lowest BCUT2D eigenvalue weighted by Crippen LogP contribution is -2.41. The van der Waals surface area contributed by atoms with E-state index in [1.165, 1.54) is 34.4 Å². The first-order chi connectivity index (χ1) is 16.6. The van der Waals surface area contributed by atoms with Crippen LogP contribution in [0.3, 0.4) is 0 Å². The number of alkyl halides is 3. The molecule has 1 aliphatic heterocycles. The lowest BCUT2D eigenvalue weighted by molar-refractivity contribution is -0.138. The molecule has 3 heterocycles. The molecule has 0 saturated carbocycles. The quantitative estimate of drug-likeness (QED) is 0.505. The Balaban J connectivity index is 1.33. The van der Waals surface area contributed by atoms with Crippen LogP contribution in [-0.4, -0.2) is 50.3 Å². The molecule has 0 atom stereocenters. The van der Waals surface area contributed by atoms with Crippen LogP contribution in [0.25, 0.3) is 0 Å². The molecule has 0 aliphatic carbocycles. The van der Waals surface area contributed by atoms with Gasteiger partial charge in [-0.25, -0.2) is 4.98 Å². The predicted octanol–water partition coefficient (Wildman–Crippen LogP) is 3.42. The van der Waals surface area contributed by atoms with Crippen molar-refractivity contribution in [3.8, 4) is 0 Å². The van der Waals surface area contributed by atoms with Gasteiger partial charge in [0.05, 0.1) is 21.8 Å². The van der Waals surface area contributed by atoms with Gasteiger partial charge < -0.3 is 4.90 Å². The van der Waals surface area contributed by atoms with E-state index in [0.29, 0.717) is 23.5 Å². The number of hydrogen-bond acceptors (Lipinski definition) is 8. The molecule has 2 N–H and O–H groups in total. The lowest BCUT2D eigenvalue weighted by atomic mass is 9.96. The SMILES string of the molecule is Cc1nnsc1C(=O)NNC(=O)c1csc(C2CCN(C(=O)c3ccccc3C(F)(F)F)CC2)n1. The van der Waals surface area contributed by atoms with E-state index in [0.717, 1.165) is 17.6 Å². The number of carbonyl (C=O) groups excluding carboxylic acids is 3. The van der Waals surface area contributed by atoms with E-state index in [9.17, 15) is 27.6 Å². The number of thiazole rings is 1. The molecule has 184 valence electrons. The zero-order valence-corrected chi connectivity index (χ0v) is 19.9. The summed E-state index contributed by atoms with van der Waals surface area (Å²) in [5.74, 6) is -1.82. The zero-order valence-electron chi connectivity index (χ0n) is 18.3. The normalized spacial score (nSPS) is 14.6. The molecule has 2 aromatic heterocycles. The fourth-order valence-electron chi connectivity index (χ4n) is 3.67. The predicted molar refractivity (Wildman–Crippen MR) is 121 cm³/mol. The van der Waals surface area contributed by atoms with Crippen LogP contribution in [0.15, 0.2) is 29.6 Å². The van der Waals surface area contributed by atoms with Gasteiger partial charge in [0, 0.05) is 24.4 Å². The molecule has 0 bridgehead atoms. The summed E-state index contributed by atoms with van der Waals surface area (Å²) in [5.41, 5.74) is 3.86. The first kappa shape index (κ1) is 24.7. The van der Waals surface area contributed by atoms with Gasteiger partial charge in [0.25, 0.3) is 17.7 Å². The zero-order chi connectivity index (χ0) is 25.2. The van der Waals surface area contributed by atoms with Gasteiger partial charge in [-0.1, -0.05) is 16.6 Å². The lowest BCUT2D eigenvalue weighted by Gasteiger charge is -2.31. The Morgan fingerprint density at radius 2 is 1.77 bits per heavy atom. The van der Waals surface area contributed by atoms with Gasteiger partial charge in [-0.15, -0.1) is 16.4 Å². The molecule has 14 heteroatoms. The Bertz CT molecular complexity index is 1250. The van der Waals surface area contributed by atoms with E-state index in [1.54, 1.807) is 12.3 Å². The number of carbonyl (C=O) groups is 3. The maximum absolute atomic E-state index is 13.3. The fraction of sp³-hybridized carbons (Fsp3) is 0.333. The van der Waals surface area contributed by atoms with Crippen molar-refractivity contribution in [2.24, 2.45) is 0 Å². The van der Waals surface area contributed by atoms with Crippen molar-refractivity contribution < 1.29 is 27.6 Å². The van der Waals surface area contributed by atoms with E-state index in [-0.39, 0.29) is 35.1 Å². The molecule has 0 spiro atoms. The number of amides is 3. The second-order valence-electron chi connectivity index (χ2n) is 7.78. The number of nitrogens with zero attached hydrogens (tertiary/aromatic N) is 4. The highest BCUT2D eigenvalue weighted by atomic mass is 32.1. The Hall–Kier alpha value is -3.39. The van der Waals surface area contributed by atoms with E-state index in [1.807, 2.05) is 0 Å². The molecule has 1 fully saturated rings. The van der Waals surface area contributed by atoms with Crippen LogP contribution in [0.5, 0.6) is 0 Å². The smallest absolute Gasteiger partial charge is 0.339 e. The molecule has 1 aliphatic rings. The summed E-state index contributed by atoms with van der Waals surface area (Å²) in [7, 11) is 0. The third-order valence-corrected chi connectivity index (χ3v) is 7.33. The Morgan fingerprint density at radius 3 is 2.43 bits per heavy atom. The van der Waals surface area contributed by atoms with Crippen LogP contribution in [0.2, 0.25) is 0 Å². The second-order valence-corrected chi connectivity index (χ2v) is 9.42. The Kier molecular flexibility index (Phi) is 7.12. The number of hydrogen-bond donors (Lipinski definition) is 2. The Labute approximate surface area is 205 Å². The number of nitrogens with one attached hydrogen (secondary N) is 2. The average Bonchev–Trinajstić information content (AvgIpc) is 3.51. The first-order valence-electron chi connectivity index (χ1n) is 10.5. The van der Waals surface area contributed by atoms with Crippen LogP contribution in [0.4, 0.5) is 13.2 Å². The van der Waals surface area contributed by atoms with Crippen LogP contribution in [-0.2, 0) is 6.18 Å². The van der Waals surface area contributed by atoms with Crippen LogP contribution in [0, 0.1) is 6.92 Å². The van der Waals surface area contributed by atoms with Gasteiger partial charge in [0.2, 0.25) is 0 Å². The first-order valence-corrected chi connectivity index (χ1v) is 12.1. The molecule has 35 heavy (non-hydrogen) atoms. The molecular formula is C21H19F3N6O3S2. The maximum Gasteiger partial charge on any atom is 0.417 e. The van der Waals surface area contributed by atoms with Gasteiger partial charge >= 0.3 is 6.18 Å². The van der Waals surface area contributed by atoms with Crippen LogP contribution >= 0.6 is 22.9 Å². The molecule has 0 radical (unpaired) electrons. The van der Waals surface area contributed by atoms with Gasteiger partial charge in [-0.05, 0) is 43.4 Å². The number of aromatic nitrogens is 3. The van der Waals surface area contributed by atoms with Gasteiger partial charge in [-0.2, -0.15) is 13.2 Å². The maximum atomic E-state index is 13.3. The molecule has 1 aromatic carbocycles. The van der Waals surface area contributed by atoms with Crippen molar-refractivity contribution >= 4 is 40.6 Å². The summed E-state index contributed by atoms with van der Waals surface area (Å²) in [6.45, 7) is 2.17. The minimum atomic E-state index is -4.61. The summed E-state index contributed by atoms with van der Waals surface area (Å²) in [4.78, 5) is 43.2. The number of hydrazine groups is 1. The summed E-state index contributed by atoms with van der Waals surface area (Å²) in [6, 6.07) is 4.76. The summed E-state index contributed by atoms with van der Waals surface area (Å²) >= 11 is 2.18. The summed E-state index contributed by atoms with van der Waals surface area (Å²) in [5, 5.41) is 5.99. The summed E-state index contributed by atoms with van der Waals surface area (Å²) < 4.78 is 43.5. The van der Waals surface area contributed by atoms with Crippen molar-refractivity contribution in [2.45, 2.75) is 31.9 Å². The standard InChI is InChI=1S/C21H19F3N6O3S2/c1-11-16(35-29-26-11)18(32)28-27-17(31)15-10-34-19(25-15)12-6-8-30(9-7-12)20(33)13-4-2-3-5-14(13)21(22,23)24/h2-5,10,12H,6-9H2,1H3,(H,27,31)(H,28,32). The molecule has 9 nitrogen and oxygen atoms in total. The second kappa shape index (κ2) is 10.1. The van der Waals surface area contributed by atoms with Crippen molar-refractivity contribution in [2.75, 3.05) is 13.1 Å². The van der Waals surface area contributed by atoms with E-state index < -0.39 is 29.5 Å². The highest BCUT2D eigenvalue weighted by Crippen LogP contribution is 2.34. The van der Waals surface area contributed by atoms with Gasteiger partial charge in [-0.3, -0.25) is 25.2 Å². The minimum absolute atomic E-state index is 0.0380. The van der Waals surface area contributed by atoms with E-state index >= 15 is 0 Å². The Morgan fingerprint density at radius 1 is 1.09 bits per heavy atom. The number of benzene rings is 1. The average molecular weight is 525 g/mol. The van der Waals surface area contributed by atoms with Gasteiger partial charge in [0.1, 0.15) is 10.6 Å². The third-order valence-electron chi connectivity index (χ3n) is 5.50. The van der Waals surface area contributed by atoms with Crippen molar-refractivity contribution in [3.05, 3.63) is 62.0 Å². The fourth-order valence-corrected chi connectivity index (χ4v) is 5.19. The number of aryl methyl sites for hydroxylation is 1. The topological polar surface area (TPSA) is 117 Å². The molecule has 3 amide bonds. The minimum Gasteiger partial charge on any atom is -0.339 e. The van der Waals surface area contributed by atoms with Crippen LogP contribution in [0.1, 0.15) is 65.5 Å². The largest absolute Gasteiger partial charge is 0.417 e. The van der Waals surface area contributed by atoms with Crippen molar-refractivity contribution in [1.82, 2.24) is 30.3 Å². The van der Waals surface area contributed by atoms with Crippen LogP contribution < -0.4 is 10.9 Å². The highest BCUT2D eigenvalue weighted by molar-refractivity contribution is 7.10. The number of piperidine rings is 1.